The molecule has 0 amide bonds. The van der Waals surface area contributed by atoms with Gasteiger partial charge in [-0.05, 0) is 31.2 Å². The Morgan fingerprint density at radius 2 is 1.69 bits per heavy atom. The van der Waals surface area contributed by atoms with Gasteiger partial charge in [-0.1, -0.05) is 36.0 Å². The quantitative estimate of drug-likeness (QED) is 0.389. The number of nitrogens with zero attached hydrogens (tertiary/aromatic N) is 3. The summed E-state index contributed by atoms with van der Waals surface area (Å²) in [6, 6.07) is 14.3. The Bertz CT molecular complexity index is 1300. The van der Waals surface area contributed by atoms with Gasteiger partial charge in [-0.2, -0.15) is 0 Å². The fraction of sp³-hybridized carbons (Fsp3) is 0.238. The van der Waals surface area contributed by atoms with E-state index in [2.05, 4.69) is 15.0 Å². The number of rotatable bonds is 6. The Morgan fingerprint density at radius 3 is 2.41 bits per heavy atom. The maximum absolute atomic E-state index is 13.1. The molecule has 7 nitrogen and oxygen atoms in total. The monoisotopic (exact) mass is 408 g/mol. The summed E-state index contributed by atoms with van der Waals surface area (Å²) in [5.41, 5.74) is 0.995. The molecule has 0 radical (unpaired) electrons. The molecule has 4 rings (SSSR count). The van der Waals surface area contributed by atoms with Crippen LogP contribution in [0.5, 0.6) is 0 Å². The van der Waals surface area contributed by atoms with E-state index in [1.54, 1.807) is 23.8 Å². The van der Waals surface area contributed by atoms with Crippen molar-refractivity contribution in [2.75, 3.05) is 13.7 Å². The van der Waals surface area contributed by atoms with Crippen molar-refractivity contribution >= 4 is 33.6 Å². The number of H-pyrrole nitrogens is 1. The van der Waals surface area contributed by atoms with Gasteiger partial charge in [-0.25, -0.2) is 9.97 Å². The molecule has 2 aromatic carbocycles. The van der Waals surface area contributed by atoms with Gasteiger partial charge in [0, 0.05) is 7.11 Å². The molecule has 2 heterocycles. The molecule has 1 atom stereocenters. The number of aromatic amines is 1. The van der Waals surface area contributed by atoms with E-state index >= 15 is 0 Å². The van der Waals surface area contributed by atoms with Crippen LogP contribution in [0.15, 0.2) is 63.3 Å². The Morgan fingerprint density at radius 1 is 1.03 bits per heavy atom. The molecule has 0 aliphatic rings. The molecule has 29 heavy (non-hydrogen) atoms. The highest BCUT2D eigenvalue weighted by atomic mass is 32.2. The van der Waals surface area contributed by atoms with E-state index in [-0.39, 0.29) is 17.2 Å². The number of methoxy groups -OCH3 is 1. The lowest BCUT2D eigenvalue weighted by atomic mass is 10.2. The Hall–Kier alpha value is -2.97. The third-order valence-electron chi connectivity index (χ3n) is 4.62. The Kier molecular flexibility index (Phi) is 5.46. The maximum Gasteiger partial charge on any atom is 0.262 e. The van der Waals surface area contributed by atoms with Gasteiger partial charge in [0.15, 0.2) is 5.16 Å². The molecule has 0 saturated heterocycles. The Labute approximate surface area is 170 Å². The fourth-order valence-corrected chi connectivity index (χ4v) is 4.24. The van der Waals surface area contributed by atoms with E-state index < -0.39 is 0 Å². The predicted octanol–water partition coefficient (Wildman–Crippen LogP) is 3.13. The summed E-state index contributed by atoms with van der Waals surface area (Å²) in [4.78, 5) is 37.4. The van der Waals surface area contributed by atoms with Crippen molar-refractivity contribution < 1.29 is 4.74 Å². The summed E-state index contributed by atoms with van der Waals surface area (Å²) < 4.78 is 6.90. The van der Waals surface area contributed by atoms with Crippen molar-refractivity contribution in [2.24, 2.45) is 0 Å². The second-order valence-corrected chi connectivity index (χ2v) is 7.65. The first-order valence-corrected chi connectivity index (χ1v) is 10.2. The van der Waals surface area contributed by atoms with Crippen LogP contribution < -0.4 is 11.1 Å². The molecule has 0 unspecified atom stereocenters. The molecule has 0 aliphatic heterocycles. The van der Waals surface area contributed by atoms with E-state index in [4.69, 9.17) is 4.74 Å². The lowest BCUT2D eigenvalue weighted by Gasteiger charge is -2.18. The fourth-order valence-electron chi connectivity index (χ4n) is 3.27. The molecule has 0 aliphatic carbocycles. The Balaban J connectivity index is 1.74. The van der Waals surface area contributed by atoms with Crippen LogP contribution in [-0.2, 0) is 10.5 Å². The van der Waals surface area contributed by atoms with E-state index in [0.29, 0.717) is 45.1 Å². The largest absolute Gasteiger partial charge is 0.383 e. The lowest BCUT2D eigenvalue weighted by molar-refractivity contribution is 0.156. The molecular weight excluding hydrogens is 388 g/mol. The van der Waals surface area contributed by atoms with Crippen LogP contribution in [0.2, 0.25) is 0 Å². The number of hydrogen-bond donors (Lipinski definition) is 1. The summed E-state index contributed by atoms with van der Waals surface area (Å²) in [7, 11) is 1.60. The number of benzene rings is 2. The van der Waals surface area contributed by atoms with Crippen molar-refractivity contribution in [2.45, 2.75) is 23.9 Å². The van der Waals surface area contributed by atoms with Gasteiger partial charge in [0.1, 0.15) is 5.82 Å². The van der Waals surface area contributed by atoms with Crippen LogP contribution in [0, 0.1) is 0 Å². The normalized spacial score (nSPS) is 12.5. The average Bonchev–Trinajstić information content (AvgIpc) is 2.72. The SMILES string of the molecule is COC[C@@H](C)n1c(SCc2nc3ccccc3c(=O)[nH]2)nc2ccccc2c1=O. The van der Waals surface area contributed by atoms with Crippen LogP contribution in [0.3, 0.4) is 0 Å². The van der Waals surface area contributed by atoms with Gasteiger partial charge in [0.25, 0.3) is 11.1 Å². The smallest absolute Gasteiger partial charge is 0.262 e. The van der Waals surface area contributed by atoms with Crippen molar-refractivity contribution in [1.29, 1.82) is 0 Å². The van der Waals surface area contributed by atoms with Crippen LogP contribution in [0.4, 0.5) is 0 Å². The predicted molar refractivity (Wildman–Crippen MR) is 115 cm³/mol. The van der Waals surface area contributed by atoms with E-state index in [1.165, 1.54) is 11.8 Å². The van der Waals surface area contributed by atoms with E-state index in [0.717, 1.165) is 0 Å². The summed E-state index contributed by atoms with van der Waals surface area (Å²) in [5.74, 6) is 0.914. The zero-order valence-electron chi connectivity index (χ0n) is 16.1. The number of para-hydroxylation sites is 2. The van der Waals surface area contributed by atoms with Gasteiger partial charge in [-0.15, -0.1) is 0 Å². The topological polar surface area (TPSA) is 89.9 Å². The molecule has 0 fully saturated rings. The molecule has 2 aromatic heterocycles. The molecule has 0 saturated carbocycles. The molecule has 148 valence electrons. The van der Waals surface area contributed by atoms with E-state index in [1.807, 2.05) is 43.3 Å². The number of aromatic nitrogens is 4. The van der Waals surface area contributed by atoms with Crippen LogP contribution in [0.1, 0.15) is 18.8 Å². The van der Waals surface area contributed by atoms with Crippen LogP contribution >= 0.6 is 11.8 Å². The minimum Gasteiger partial charge on any atom is -0.383 e. The summed E-state index contributed by atoms with van der Waals surface area (Å²) in [5, 5.41) is 1.68. The first kappa shape index (κ1) is 19.4. The molecule has 8 heteroatoms. The van der Waals surface area contributed by atoms with Crippen molar-refractivity contribution in [3.05, 3.63) is 75.1 Å². The van der Waals surface area contributed by atoms with Crippen molar-refractivity contribution in [3.63, 3.8) is 0 Å². The van der Waals surface area contributed by atoms with E-state index in [9.17, 15) is 9.59 Å². The second kappa shape index (κ2) is 8.18. The number of fused-ring (bicyclic) bond motifs is 2. The zero-order chi connectivity index (χ0) is 20.4. The number of nitrogens with one attached hydrogen (secondary N) is 1. The summed E-state index contributed by atoms with van der Waals surface area (Å²) in [6.07, 6.45) is 0. The highest BCUT2D eigenvalue weighted by Gasteiger charge is 2.17. The van der Waals surface area contributed by atoms with Gasteiger partial charge < -0.3 is 9.72 Å². The van der Waals surface area contributed by atoms with Crippen molar-refractivity contribution in [1.82, 2.24) is 19.5 Å². The molecule has 0 spiro atoms. The highest BCUT2D eigenvalue weighted by Crippen LogP contribution is 2.23. The summed E-state index contributed by atoms with van der Waals surface area (Å²) in [6.45, 7) is 2.31. The van der Waals surface area contributed by atoms with Crippen LogP contribution in [-0.4, -0.2) is 33.2 Å². The molecule has 4 aromatic rings. The number of thioether (sulfide) groups is 1. The summed E-state index contributed by atoms with van der Waals surface area (Å²) >= 11 is 1.36. The first-order chi connectivity index (χ1) is 14.1. The van der Waals surface area contributed by atoms with Gasteiger partial charge in [0.05, 0.1) is 40.2 Å². The number of ether oxygens (including phenoxy) is 1. The molecular formula is C21H20N4O3S. The average molecular weight is 408 g/mol. The first-order valence-electron chi connectivity index (χ1n) is 9.19. The van der Waals surface area contributed by atoms with Gasteiger partial charge in [0.2, 0.25) is 0 Å². The maximum atomic E-state index is 13.1. The third kappa shape index (κ3) is 3.81. The lowest BCUT2D eigenvalue weighted by Crippen LogP contribution is -2.28. The van der Waals surface area contributed by atoms with Gasteiger partial charge in [-0.3, -0.25) is 14.2 Å². The van der Waals surface area contributed by atoms with Crippen LogP contribution in [0.25, 0.3) is 21.8 Å². The standard InChI is InChI=1S/C21H20N4O3S/c1-13(11-28-2)25-20(27)15-8-4-6-10-17(15)23-21(25)29-12-18-22-16-9-5-3-7-14(16)19(26)24-18/h3-10,13H,11-12H2,1-2H3,(H,22,24,26)/t13-/m1/s1. The minimum absolute atomic E-state index is 0.109. The number of hydrogen-bond acceptors (Lipinski definition) is 6. The zero-order valence-corrected chi connectivity index (χ0v) is 16.9. The van der Waals surface area contributed by atoms with Crippen molar-refractivity contribution in [3.8, 4) is 0 Å². The molecule has 0 bridgehead atoms. The third-order valence-corrected chi connectivity index (χ3v) is 5.59. The highest BCUT2D eigenvalue weighted by molar-refractivity contribution is 7.98. The molecule has 1 N–H and O–H groups in total. The second-order valence-electron chi connectivity index (χ2n) is 6.71. The van der Waals surface area contributed by atoms with Gasteiger partial charge >= 0.3 is 0 Å². The minimum atomic E-state index is -0.185.